The Balaban J connectivity index is 2.00. The molecule has 110 valence electrons. The Morgan fingerprint density at radius 3 is 2.81 bits per heavy atom. The number of benzene rings is 1. The zero-order valence-corrected chi connectivity index (χ0v) is 13.7. The van der Waals surface area contributed by atoms with Crippen LogP contribution in [0.15, 0.2) is 39.5 Å². The average molecular weight is 369 g/mol. The van der Waals surface area contributed by atoms with Gasteiger partial charge in [0.1, 0.15) is 0 Å². The van der Waals surface area contributed by atoms with Crippen molar-refractivity contribution < 1.29 is 9.72 Å². The van der Waals surface area contributed by atoms with Gasteiger partial charge in [-0.1, -0.05) is 12.1 Å². The van der Waals surface area contributed by atoms with E-state index in [2.05, 4.69) is 15.9 Å². The number of hydrogen-bond donors (Lipinski definition) is 0. The first kappa shape index (κ1) is 15.8. The van der Waals surface area contributed by atoms with E-state index in [1.165, 1.54) is 18.2 Å². The molecule has 0 aliphatic carbocycles. The van der Waals surface area contributed by atoms with Crippen LogP contribution in [0.1, 0.15) is 15.9 Å². The molecule has 0 radical (unpaired) electrons. The van der Waals surface area contributed by atoms with Crippen molar-refractivity contribution in [2.75, 3.05) is 13.6 Å². The quantitative estimate of drug-likeness (QED) is 0.442. The standard InChI is InChI=1S/C14H13BrN2O3S/c1-16(7-10-5-14(15)21-9-10)8-13(18)11-3-2-4-12(6-11)17(19)20/h2-6,9H,7-8H2,1H3. The van der Waals surface area contributed by atoms with Gasteiger partial charge in [-0.2, -0.15) is 0 Å². The summed E-state index contributed by atoms with van der Waals surface area (Å²) in [6.45, 7) is 0.872. The number of carbonyl (C=O) groups excluding carboxylic acids is 1. The van der Waals surface area contributed by atoms with Gasteiger partial charge >= 0.3 is 0 Å². The summed E-state index contributed by atoms with van der Waals surface area (Å²) >= 11 is 5.00. The molecule has 0 N–H and O–H groups in total. The summed E-state index contributed by atoms with van der Waals surface area (Å²) in [5.74, 6) is -0.129. The van der Waals surface area contributed by atoms with Crippen LogP contribution in [0.3, 0.4) is 0 Å². The maximum Gasteiger partial charge on any atom is 0.270 e. The molecule has 0 spiro atoms. The third-order valence-electron chi connectivity index (χ3n) is 2.87. The average Bonchev–Trinajstić information content (AvgIpc) is 2.83. The lowest BCUT2D eigenvalue weighted by molar-refractivity contribution is -0.384. The minimum Gasteiger partial charge on any atom is -0.295 e. The number of Topliss-reactive ketones (excluding diaryl/α,β-unsaturated/α-hetero) is 1. The van der Waals surface area contributed by atoms with Crippen LogP contribution in [0.25, 0.3) is 0 Å². The Bertz CT molecular complexity index is 672. The predicted molar refractivity (Wildman–Crippen MR) is 85.8 cm³/mol. The molecule has 2 aromatic rings. The Morgan fingerprint density at radius 1 is 1.43 bits per heavy atom. The molecule has 0 bridgehead atoms. The summed E-state index contributed by atoms with van der Waals surface area (Å²) in [4.78, 5) is 24.3. The SMILES string of the molecule is CN(CC(=O)c1cccc([N+](=O)[O-])c1)Cc1csc(Br)c1. The van der Waals surface area contributed by atoms with Crippen molar-refractivity contribution in [2.45, 2.75) is 6.54 Å². The fourth-order valence-corrected chi connectivity index (χ4v) is 3.13. The highest BCUT2D eigenvalue weighted by Gasteiger charge is 2.13. The van der Waals surface area contributed by atoms with Gasteiger partial charge in [-0.05, 0) is 40.0 Å². The Kier molecular flexibility index (Phi) is 5.22. The van der Waals surface area contributed by atoms with Gasteiger partial charge in [0.15, 0.2) is 5.78 Å². The van der Waals surface area contributed by atoms with E-state index in [-0.39, 0.29) is 18.0 Å². The maximum absolute atomic E-state index is 12.2. The molecule has 1 aromatic heterocycles. The van der Waals surface area contributed by atoms with Gasteiger partial charge in [0.2, 0.25) is 0 Å². The molecule has 0 saturated carbocycles. The van der Waals surface area contributed by atoms with Crippen molar-refractivity contribution in [1.82, 2.24) is 4.90 Å². The summed E-state index contributed by atoms with van der Waals surface area (Å²) in [6.07, 6.45) is 0. The fourth-order valence-electron chi connectivity index (χ4n) is 1.93. The number of ketones is 1. The highest BCUT2D eigenvalue weighted by Crippen LogP contribution is 2.21. The molecule has 0 saturated heterocycles. The second kappa shape index (κ2) is 6.93. The van der Waals surface area contributed by atoms with E-state index in [4.69, 9.17) is 0 Å². The molecule has 0 atom stereocenters. The van der Waals surface area contributed by atoms with E-state index in [9.17, 15) is 14.9 Å². The zero-order valence-electron chi connectivity index (χ0n) is 11.3. The maximum atomic E-state index is 12.2. The number of nitro benzene ring substituents is 1. The smallest absolute Gasteiger partial charge is 0.270 e. The Hall–Kier alpha value is -1.57. The van der Waals surface area contributed by atoms with Gasteiger partial charge in [-0.3, -0.25) is 19.8 Å². The van der Waals surface area contributed by atoms with Crippen LogP contribution in [-0.2, 0) is 6.54 Å². The number of rotatable bonds is 6. The van der Waals surface area contributed by atoms with Gasteiger partial charge in [0, 0.05) is 24.2 Å². The highest BCUT2D eigenvalue weighted by molar-refractivity contribution is 9.11. The lowest BCUT2D eigenvalue weighted by atomic mass is 10.1. The monoisotopic (exact) mass is 368 g/mol. The number of non-ortho nitro benzene ring substituents is 1. The third-order valence-corrected chi connectivity index (χ3v) is 4.42. The number of carbonyl (C=O) groups is 1. The molecule has 5 nitrogen and oxygen atoms in total. The molecule has 1 aromatic carbocycles. The van der Waals surface area contributed by atoms with E-state index in [0.717, 1.165) is 9.35 Å². The van der Waals surface area contributed by atoms with E-state index < -0.39 is 4.92 Å². The summed E-state index contributed by atoms with van der Waals surface area (Å²) in [6, 6.07) is 7.84. The summed E-state index contributed by atoms with van der Waals surface area (Å²) < 4.78 is 1.05. The van der Waals surface area contributed by atoms with E-state index in [0.29, 0.717) is 12.1 Å². The molecule has 7 heteroatoms. The molecular formula is C14H13BrN2O3S. The fraction of sp³-hybridized carbons (Fsp3) is 0.214. The molecular weight excluding hydrogens is 356 g/mol. The van der Waals surface area contributed by atoms with Crippen molar-refractivity contribution >= 4 is 38.7 Å². The zero-order chi connectivity index (χ0) is 15.4. The first-order valence-electron chi connectivity index (χ1n) is 6.15. The number of nitrogens with zero attached hydrogens (tertiary/aromatic N) is 2. The molecule has 0 aliphatic heterocycles. The van der Waals surface area contributed by atoms with Gasteiger partial charge in [0.05, 0.1) is 15.3 Å². The van der Waals surface area contributed by atoms with Crippen molar-refractivity contribution in [3.8, 4) is 0 Å². The molecule has 0 aliphatic rings. The lowest BCUT2D eigenvalue weighted by Crippen LogP contribution is -2.25. The molecule has 21 heavy (non-hydrogen) atoms. The highest BCUT2D eigenvalue weighted by atomic mass is 79.9. The molecule has 1 heterocycles. The van der Waals surface area contributed by atoms with Crippen LogP contribution in [0.4, 0.5) is 5.69 Å². The topological polar surface area (TPSA) is 63.5 Å². The van der Waals surface area contributed by atoms with E-state index in [1.807, 2.05) is 23.4 Å². The number of thiophene rings is 1. The minimum atomic E-state index is -0.497. The molecule has 0 amide bonds. The first-order valence-corrected chi connectivity index (χ1v) is 7.82. The number of hydrogen-bond acceptors (Lipinski definition) is 5. The predicted octanol–water partition coefficient (Wildman–Crippen LogP) is 3.73. The lowest BCUT2D eigenvalue weighted by Gasteiger charge is -2.14. The van der Waals surface area contributed by atoms with Gasteiger partial charge in [-0.25, -0.2) is 0 Å². The number of likely N-dealkylation sites (N-methyl/N-ethyl adjacent to an activating group) is 1. The number of halogens is 1. The largest absolute Gasteiger partial charge is 0.295 e. The molecule has 2 rings (SSSR count). The minimum absolute atomic E-state index is 0.0646. The molecule has 0 unspecified atom stereocenters. The third kappa shape index (κ3) is 4.45. The number of nitro groups is 1. The molecule has 0 fully saturated rings. The van der Waals surface area contributed by atoms with Crippen molar-refractivity contribution in [2.24, 2.45) is 0 Å². The Labute approximate surface area is 134 Å². The normalized spacial score (nSPS) is 10.8. The Morgan fingerprint density at radius 2 is 2.19 bits per heavy atom. The first-order chi connectivity index (χ1) is 9.95. The van der Waals surface area contributed by atoms with Crippen LogP contribution < -0.4 is 0 Å². The van der Waals surface area contributed by atoms with Crippen LogP contribution in [0.2, 0.25) is 0 Å². The van der Waals surface area contributed by atoms with Crippen LogP contribution in [0, 0.1) is 10.1 Å². The van der Waals surface area contributed by atoms with Gasteiger partial charge in [0.25, 0.3) is 5.69 Å². The van der Waals surface area contributed by atoms with E-state index in [1.54, 1.807) is 17.4 Å². The van der Waals surface area contributed by atoms with Crippen LogP contribution >= 0.6 is 27.3 Å². The van der Waals surface area contributed by atoms with E-state index >= 15 is 0 Å². The van der Waals surface area contributed by atoms with Crippen molar-refractivity contribution in [3.05, 3.63) is 60.7 Å². The summed E-state index contributed by atoms with van der Waals surface area (Å²) in [5.41, 5.74) is 1.43. The van der Waals surface area contributed by atoms with Crippen molar-refractivity contribution in [1.29, 1.82) is 0 Å². The van der Waals surface area contributed by atoms with Crippen molar-refractivity contribution in [3.63, 3.8) is 0 Å². The van der Waals surface area contributed by atoms with Crippen LogP contribution in [-0.4, -0.2) is 29.2 Å². The van der Waals surface area contributed by atoms with Crippen LogP contribution in [0.5, 0.6) is 0 Å². The van der Waals surface area contributed by atoms with Gasteiger partial charge < -0.3 is 0 Å². The summed E-state index contributed by atoms with van der Waals surface area (Å²) in [7, 11) is 1.85. The second-order valence-electron chi connectivity index (χ2n) is 4.66. The van der Waals surface area contributed by atoms with Gasteiger partial charge in [-0.15, -0.1) is 11.3 Å². The second-order valence-corrected chi connectivity index (χ2v) is 6.95. The summed E-state index contributed by atoms with van der Waals surface area (Å²) in [5, 5.41) is 12.7.